The van der Waals surface area contributed by atoms with E-state index in [1.54, 1.807) is 0 Å². The highest BCUT2D eigenvalue weighted by Crippen LogP contribution is 2.21. The third kappa shape index (κ3) is 2.88. The van der Waals surface area contributed by atoms with Crippen LogP contribution in [0.3, 0.4) is 0 Å². The van der Waals surface area contributed by atoms with Gasteiger partial charge in [0.1, 0.15) is 0 Å². The molecule has 2 heterocycles. The van der Waals surface area contributed by atoms with Crippen molar-refractivity contribution in [1.29, 1.82) is 0 Å². The number of hydrogen-bond acceptors (Lipinski definition) is 2. The fourth-order valence-electron chi connectivity index (χ4n) is 2.75. The Kier molecular flexibility index (Phi) is 4.05. The van der Waals surface area contributed by atoms with E-state index in [0.29, 0.717) is 0 Å². The van der Waals surface area contributed by atoms with Gasteiger partial charge in [-0.3, -0.25) is 4.90 Å². The van der Waals surface area contributed by atoms with Crippen molar-refractivity contribution in [3.63, 3.8) is 0 Å². The molecule has 90 valence electrons. The third-order valence-electron chi connectivity index (χ3n) is 3.92. The van der Waals surface area contributed by atoms with Gasteiger partial charge in [-0.05, 0) is 44.7 Å². The molecule has 0 saturated carbocycles. The lowest BCUT2D eigenvalue weighted by Crippen LogP contribution is -2.36. The molecule has 0 amide bonds. The Morgan fingerprint density at radius 1 is 1.12 bits per heavy atom. The van der Waals surface area contributed by atoms with Crippen LogP contribution >= 0.6 is 0 Å². The molecule has 2 aliphatic heterocycles. The van der Waals surface area contributed by atoms with Gasteiger partial charge in [0, 0.05) is 25.3 Å². The van der Waals surface area contributed by atoms with E-state index in [4.69, 9.17) is 0 Å². The molecule has 0 aromatic carbocycles. The number of allylic oxidation sites excluding steroid dienone is 1. The van der Waals surface area contributed by atoms with Crippen LogP contribution in [0.25, 0.3) is 0 Å². The average molecular weight is 220 g/mol. The lowest BCUT2D eigenvalue weighted by atomic mass is 9.97. The van der Waals surface area contributed by atoms with Crippen molar-refractivity contribution in [2.75, 3.05) is 32.7 Å². The molecule has 2 nitrogen and oxygen atoms in total. The molecule has 0 aliphatic carbocycles. The molecule has 2 fully saturated rings. The van der Waals surface area contributed by atoms with E-state index in [9.17, 15) is 0 Å². The number of rotatable bonds is 4. The van der Waals surface area contributed by atoms with Crippen LogP contribution in [-0.4, -0.2) is 42.5 Å². The summed E-state index contributed by atoms with van der Waals surface area (Å²) >= 11 is 0. The van der Waals surface area contributed by atoms with E-state index >= 15 is 0 Å². The van der Waals surface area contributed by atoms with Gasteiger partial charge in [-0.1, -0.05) is 12.7 Å². The van der Waals surface area contributed by atoms with Crippen molar-refractivity contribution >= 4 is 0 Å². The second kappa shape index (κ2) is 5.53. The van der Waals surface area contributed by atoms with Gasteiger partial charge in [-0.15, -0.1) is 6.58 Å². The Balaban J connectivity index is 1.75. The van der Waals surface area contributed by atoms with Gasteiger partial charge < -0.3 is 4.90 Å². The highest BCUT2D eigenvalue weighted by Gasteiger charge is 2.20. The second-order valence-electron chi connectivity index (χ2n) is 5.11. The Bertz CT molecular complexity index is 245. The molecule has 2 aliphatic rings. The van der Waals surface area contributed by atoms with E-state index < -0.39 is 0 Å². The van der Waals surface area contributed by atoms with Crippen LogP contribution in [0.4, 0.5) is 0 Å². The predicted octanol–water partition coefficient (Wildman–Crippen LogP) is 2.49. The summed E-state index contributed by atoms with van der Waals surface area (Å²) in [5.41, 5.74) is 1.32. The van der Waals surface area contributed by atoms with Crippen molar-refractivity contribution in [2.24, 2.45) is 5.92 Å². The smallest absolute Gasteiger partial charge is 0.0377 e. The van der Waals surface area contributed by atoms with Crippen LogP contribution in [0.1, 0.15) is 25.7 Å². The molecule has 0 radical (unpaired) electrons. The maximum absolute atomic E-state index is 4.25. The van der Waals surface area contributed by atoms with Crippen LogP contribution in [0, 0.1) is 5.92 Å². The first-order chi connectivity index (χ1) is 7.79. The summed E-state index contributed by atoms with van der Waals surface area (Å²) in [5.74, 6) is 0.732. The zero-order valence-electron chi connectivity index (χ0n) is 10.3. The Labute approximate surface area is 99.6 Å². The molecule has 0 spiro atoms. The highest BCUT2D eigenvalue weighted by molar-refractivity contribution is 5.00. The zero-order chi connectivity index (χ0) is 11.4. The summed E-state index contributed by atoms with van der Waals surface area (Å²) in [6.07, 6.45) is 7.35. The SMILES string of the molecule is C=CC1CCN(C(=C)CN2CCCC2)CC1. The minimum absolute atomic E-state index is 0.732. The number of hydrogen-bond donors (Lipinski definition) is 0. The summed E-state index contributed by atoms with van der Waals surface area (Å²) in [7, 11) is 0. The molecular formula is C14H24N2. The second-order valence-corrected chi connectivity index (χ2v) is 5.11. The van der Waals surface area contributed by atoms with E-state index in [-0.39, 0.29) is 0 Å². The lowest BCUT2D eigenvalue weighted by molar-refractivity contribution is 0.226. The minimum Gasteiger partial charge on any atom is -0.374 e. The average Bonchev–Trinajstić information content (AvgIpc) is 2.82. The first-order valence-corrected chi connectivity index (χ1v) is 6.57. The summed E-state index contributed by atoms with van der Waals surface area (Å²) < 4.78 is 0. The largest absolute Gasteiger partial charge is 0.374 e. The normalized spacial score (nSPS) is 23.6. The monoisotopic (exact) mass is 220 g/mol. The van der Waals surface area contributed by atoms with Gasteiger partial charge in [0.2, 0.25) is 0 Å². The van der Waals surface area contributed by atoms with E-state index in [0.717, 1.165) is 12.5 Å². The summed E-state index contributed by atoms with van der Waals surface area (Å²) in [6.45, 7) is 14.1. The topological polar surface area (TPSA) is 6.48 Å². The van der Waals surface area contributed by atoms with Gasteiger partial charge in [0.05, 0.1) is 0 Å². The first-order valence-electron chi connectivity index (χ1n) is 6.57. The first kappa shape index (κ1) is 11.7. The molecule has 0 N–H and O–H groups in total. The molecule has 0 bridgehead atoms. The molecule has 0 unspecified atom stereocenters. The molecule has 2 saturated heterocycles. The number of nitrogens with zero attached hydrogens (tertiary/aromatic N) is 2. The third-order valence-corrected chi connectivity index (χ3v) is 3.92. The van der Waals surface area contributed by atoms with Crippen molar-refractivity contribution in [2.45, 2.75) is 25.7 Å². The molecule has 0 aromatic heterocycles. The van der Waals surface area contributed by atoms with Gasteiger partial charge in [0.25, 0.3) is 0 Å². The lowest BCUT2D eigenvalue weighted by Gasteiger charge is -2.35. The van der Waals surface area contributed by atoms with Crippen molar-refractivity contribution in [3.8, 4) is 0 Å². The van der Waals surface area contributed by atoms with Gasteiger partial charge >= 0.3 is 0 Å². The van der Waals surface area contributed by atoms with Gasteiger partial charge in [-0.2, -0.15) is 0 Å². The van der Waals surface area contributed by atoms with Crippen LogP contribution in [-0.2, 0) is 0 Å². The fourth-order valence-corrected chi connectivity index (χ4v) is 2.75. The zero-order valence-corrected chi connectivity index (χ0v) is 10.3. The minimum atomic E-state index is 0.732. The molecule has 16 heavy (non-hydrogen) atoms. The standard InChI is InChI=1S/C14H24N2/c1-3-14-6-10-16(11-7-14)13(2)12-15-8-4-5-9-15/h3,14H,1-2,4-12H2. The highest BCUT2D eigenvalue weighted by atomic mass is 15.2. The predicted molar refractivity (Wildman–Crippen MR) is 69.3 cm³/mol. The molecular weight excluding hydrogens is 196 g/mol. The van der Waals surface area contributed by atoms with E-state index in [2.05, 4.69) is 29.0 Å². The Morgan fingerprint density at radius 2 is 1.75 bits per heavy atom. The summed E-state index contributed by atoms with van der Waals surface area (Å²) in [5, 5.41) is 0. The van der Waals surface area contributed by atoms with Gasteiger partial charge in [-0.25, -0.2) is 0 Å². The van der Waals surface area contributed by atoms with E-state index in [1.165, 1.54) is 57.6 Å². The number of likely N-dealkylation sites (tertiary alicyclic amines) is 2. The molecule has 2 heteroatoms. The van der Waals surface area contributed by atoms with Crippen molar-refractivity contribution in [1.82, 2.24) is 9.80 Å². The number of piperidine rings is 1. The van der Waals surface area contributed by atoms with Crippen molar-refractivity contribution in [3.05, 3.63) is 24.9 Å². The Morgan fingerprint density at radius 3 is 2.31 bits per heavy atom. The molecule has 0 aromatic rings. The fraction of sp³-hybridized carbons (Fsp3) is 0.714. The van der Waals surface area contributed by atoms with Crippen LogP contribution in [0.5, 0.6) is 0 Å². The quantitative estimate of drug-likeness (QED) is 0.672. The van der Waals surface area contributed by atoms with Crippen LogP contribution < -0.4 is 0 Å². The van der Waals surface area contributed by atoms with Crippen LogP contribution in [0.2, 0.25) is 0 Å². The maximum atomic E-state index is 4.25. The molecule has 0 atom stereocenters. The van der Waals surface area contributed by atoms with E-state index in [1.807, 2.05) is 0 Å². The van der Waals surface area contributed by atoms with Crippen molar-refractivity contribution < 1.29 is 0 Å². The summed E-state index contributed by atoms with van der Waals surface area (Å²) in [6, 6.07) is 0. The van der Waals surface area contributed by atoms with Crippen LogP contribution in [0.15, 0.2) is 24.9 Å². The Hall–Kier alpha value is -0.760. The molecule has 2 rings (SSSR count). The maximum Gasteiger partial charge on any atom is 0.0377 e. The van der Waals surface area contributed by atoms with Gasteiger partial charge in [0.15, 0.2) is 0 Å². The summed E-state index contributed by atoms with van der Waals surface area (Å²) in [4.78, 5) is 5.00.